The molecule has 1 aromatic carbocycles. The Labute approximate surface area is 509 Å². The molecule has 0 aromatic heterocycles. The van der Waals surface area contributed by atoms with Gasteiger partial charge in [-0.15, -0.1) is 0 Å². The summed E-state index contributed by atoms with van der Waals surface area (Å²) in [6, 6.07) is 6.43. The molecule has 15 atom stereocenters. The minimum Gasteiger partial charge on any atom is -0.508 e. The van der Waals surface area contributed by atoms with E-state index in [1.807, 2.05) is 70.2 Å². The van der Waals surface area contributed by atoms with Gasteiger partial charge in [-0.25, -0.2) is 9.18 Å². The number of phenolic OH excluding ortho intramolecular Hbond substituents is 1. The molecule has 86 heavy (non-hydrogen) atoms. The van der Waals surface area contributed by atoms with Crippen molar-refractivity contribution in [2.45, 2.75) is 238 Å². The van der Waals surface area contributed by atoms with Crippen LogP contribution in [-0.2, 0) is 54.1 Å². The number of aliphatic hydroxyl groups is 3. The number of halogens is 4. The number of methoxy groups -OCH3 is 3. The minimum atomic E-state index is -4.62. The van der Waals surface area contributed by atoms with Gasteiger partial charge in [-0.3, -0.25) is 19.2 Å². The number of unbranched alkanes of at least 4 members (excludes halogenated alkanes) is 5. The Kier molecular flexibility index (Phi) is 33.4. The molecule has 19 heteroatoms. The Morgan fingerprint density at radius 3 is 2.09 bits per heavy atom. The molecule has 2 saturated heterocycles. The quantitative estimate of drug-likeness (QED) is 0.0475. The summed E-state index contributed by atoms with van der Waals surface area (Å²) >= 11 is 0. The largest absolute Gasteiger partial charge is 0.508 e. The normalized spacial score (nSPS) is 32.2. The van der Waals surface area contributed by atoms with Crippen molar-refractivity contribution < 1.29 is 85.6 Å². The van der Waals surface area contributed by atoms with Crippen molar-refractivity contribution in [1.29, 1.82) is 0 Å². The maximum absolute atomic E-state index is 14.4. The van der Waals surface area contributed by atoms with Crippen LogP contribution in [0.1, 0.15) is 177 Å². The number of nitrogens with zero attached hydrogens (tertiary/aromatic N) is 1. The number of aromatic hydroxyl groups is 1. The number of carbonyl (C=O) groups excluding carboxylic acids is 5. The number of amides is 1. The van der Waals surface area contributed by atoms with Gasteiger partial charge in [0.1, 0.15) is 35.9 Å². The van der Waals surface area contributed by atoms with Crippen LogP contribution in [0.5, 0.6) is 5.75 Å². The summed E-state index contributed by atoms with van der Waals surface area (Å²) in [6.45, 7) is 12.8. The second-order valence-electron chi connectivity index (χ2n) is 24.5. The number of phenols is 1. The number of ketones is 3. The second-order valence-corrected chi connectivity index (χ2v) is 24.5. The molecule has 0 unspecified atom stereocenters. The zero-order valence-corrected chi connectivity index (χ0v) is 53.0. The molecule has 3 heterocycles. The van der Waals surface area contributed by atoms with Crippen molar-refractivity contribution in [2.75, 3.05) is 34.5 Å². The topological polar surface area (TPSA) is 216 Å². The summed E-state index contributed by atoms with van der Waals surface area (Å²) in [7, 11) is 4.52. The number of hydrogen-bond donors (Lipinski definition) is 4. The average Bonchev–Trinajstić information content (AvgIpc) is 1.41. The molecular weight excluding hydrogens is 1120 g/mol. The molecule has 0 spiro atoms. The lowest BCUT2D eigenvalue weighted by molar-refractivity contribution is -0.265. The number of piperidine rings is 1. The van der Waals surface area contributed by atoms with E-state index in [1.54, 1.807) is 53.2 Å². The van der Waals surface area contributed by atoms with E-state index in [9.17, 15) is 56.9 Å². The van der Waals surface area contributed by atoms with Gasteiger partial charge in [-0.05, 0) is 137 Å². The molecule has 1 saturated carbocycles. The fraction of sp³-hybridized carbons (Fsp3) is 0.716. The van der Waals surface area contributed by atoms with Crippen LogP contribution in [0, 0.1) is 35.5 Å². The number of alkyl halides is 4. The molecule has 4 aliphatic rings. The first kappa shape index (κ1) is 75.6. The second kappa shape index (κ2) is 38.0. The molecule has 4 N–H and O–H groups in total. The molecular formula is C67H103F4NO14. The first-order chi connectivity index (χ1) is 40.6. The molecule has 15 nitrogen and oxygen atoms in total. The van der Waals surface area contributed by atoms with Gasteiger partial charge in [-0.1, -0.05) is 122 Å². The summed E-state index contributed by atoms with van der Waals surface area (Å²) < 4.78 is 71.0. The van der Waals surface area contributed by atoms with Gasteiger partial charge < -0.3 is 49.0 Å². The maximum atomic E-state index is 14.4. The zero-order valence-electron chi connectivity index (χ0n) is 53.0. The van der Waals surface area contributed by atoms with Crippen LogP contribution >= 0.6 is 0 Å². The third kappa shape index (κ3) is 24.7. The standard InChI is InChI=1S/C51H79NO13.C14H22O.C2H2F4/c1-30-16-12-11-13-17-31(2)42(61-8)28-38-21-19-36(7)51(60,65-38)48(57)49(58)52-23-15-14-18-39(52)50(59)64-43(33(4)26-37-20-22-40(53)44(27-37)62-9)29-41(54)32(3)25-35(6)46(56)47(63-10)45(55)34(5)24-30;1-2-3-4-5-6-7-8-13-9-11-14(15)12-10-13;3-1-2(4,5)6/h11-13,16-17,25,30,32-34,36-40,42-44,46-47,53,56,60H,14-15,18-24,26-29H2,1-10H3;9-12,15H,2-8H2,1H3;1H2/b13-11?,16-12+,31-17?,35-25+;;/t30-,32-,33-,34-,36-,37+,38+,39+,40-,42+,43+,44-,46-,47+,51-;;/m1../s1. The van der Waals surface area contributed by atoms with Crippen molar-refractivity contribution in [3.05, 3.63) is 77.4 Å². The smallest absolute Gasteiger partial charge is 0.416 e. The number of benzene rings is 1. The molecule has 3 fully saturated rings. The first-order valence-corrected chi connectivity index (χ1v) is 31.2. The number of cyclic esters (lactones) is 1. The predicted octanol–water partition coefficient (Wildman–Crippen LogP) is 12.0. The minimum absolute atomic E-state index is 0.0193. The highest BCUT2D eigenvalue weighted by molar-refractivity contribution is 6.39. The number of Topliss-reactive ketones (excluding diaryl/α,β-unsaturated/α-hetero) is 3. The molecule has 1 aromatic rings. The van der Waals surface area contributed by atoms with E-state index in [0.717, 1.165) is 18.4 Å². The first-order valence-electron chi connectivity index (χ1n) is 31.2. The van der Waals surface area contributed by atoms with E-state index >= 15 is 0 Å². The highest BCUT2D eigenvalue weighted by Crippen LogP contribution is 2.38. The lowest BCUT2D eigenvalue weighted by Gasteiger charge is -2.42. The Balaban J connectivity index is 0.000000773. The Bertz CT molecular complexity index is 2360. The van der Waals surface area contributed by atoms with Gasteiger partial charge in [0.25, 0.3) is 11.7 Å². The summed E-state index contributed by atoms with van der Waals surface area (Å²) in [5, 5.41) is 43.0. The number of aliphatic hydroxyl groups excluding tert-OH is 2. The molecule has 0 radical (unpaired) electrons. The van der Waals surface area contributed by atoms with Crippen molar-refractivity contribution in [3.63, 3.8) is 0 Å². The number of carbonyl (C=O) groups is 5. The van der Waals surface area contributed by atoms with Crippen molar-refractivity contribution in [3.8, 4) is 5.75 Å². The summed E-state index contributed by atoms with van der Waals surface area (Å²) in [6.07, 6.45) is 15.7. The van der Waals surface area contributed by atoms with Crippen molar-refractivity contribution in [2.24, 2.45) is 35.5 Å². The van der Waals surface area contributed by atoms with Crippen LogP contribution in [0.4, 0.5) is 17.6 Å². The van der Waals surface area contributed by atoms with Crippen LogP contribution in [0.25, 0.3) is 0 Å². The molecule has 5 rings (SSSR count). The average molecular weight is 1220 g/mol. The number of allylic oxidation sites excluding steroid dienone is 6. The third-order valence-electron chi connectivity index (χ3n) is 17.4. The lowest BCUT2D eigenvalue weighted by Crippen LogP contribution is -2.61. The number of hydrogen-bond acceptors (Lipinski definition) is 14. The van der Waals surface area contributed by atoms with Crippen molar-refractivity contribution >= 4 is 29.2 Å². The Morgan fingerprint density at radius 1 is 0.802 bits per heavy atom. The highest BCUT2D eigenvalue weighted by atomic mass is 19.4. The van der Waals surface area contributed by atoms with Gasteiger partial charge in [-0.2, -0.15) is 13.2 Å². The predicted molar refractivity (Wildman–Crippen MR) is 322 cm³/mol. The number of esters is 1. The lowest BCUT2D eigenvalue weighted by atomic mass is 9.78. The number of ether oxygens (including phenoxy) is 5. The summed E-state index contributed by atoms with van der Waals surface area (Å²) in [4.78, 5) is 71.8. The highest BCUT2D eigenvalue weighted by Gasteiger charge is 2.53. The van der Waals surface area contributed by atoms with Gasteiger partial charge in [0, 0.05) is 58.5 Å². The van der Waals surface area contributed by atoms with Gasteiger partial charge in [0.15, 0.2) is 12.5 Å². The molecule has 2 bridgehead atoms. The Morgan fingerprint density at radius 2 is 1.47 bits per heavy atom. The molecule has 1 aliphatic carbocycles. The van der Waals surface area contributed by atoms with Crippen molar-refractivity contribution in [1.82, 2.24) is 4.90 Å². The number of aryl methyl sites for hydroxylation is 1. The fourth-order valence-electron chi connectivity index (χ4n) is 11.9. The number of fused-ring (bicyclic) bond motifs is 3. The van der Waals surface area contributed by atoms with E-state index < -0.39 is 96.7 Å². The van der Waals surface area contributed by atoms with E-state index in [2.05, 4.69) is 6.92 Å². The van der Waals surface area contributed by atoms with E-state index in [4.69, 9.17) is 28.8 Å². The summed E-state index contributed by atoms with van der Waals surface area (Å²) in [5.41, 5.74) is 2.60. The van der Waals surface area contributed by atoms with Crippen LogP contribution in [0.3, 0.4) is 0 Å². The molecule has 488 valence electrons. The fourth-order valence-corrected chi connectivity index (χ4v) is 11.9. The SMILES string of the molecule is CCCCCCCCc1ccc(O)cc1.CO[C@H]1C[C@@H]2CC[C@@H](C)[C@@](O)(O2)C(=O)C(=O)N2CCCC[C@H]2C(=O)O[C@H]([C@H](C)C[C@@H]2CC[C@@H](O)[C@H](OC)C2)CC(=O)[C@H](C)/C=C(\C)[C@@H](O)[C@@H](OC)C(=O)[C@H](C)C[C@H](C)/C=C/C=CC=C1C.FCC(F)(F)F. The summed E-state index contributed by atoms with van der Waals surface area (Å²) in [5.74, 6) is -7.60. The van der Waals surface area contributed by atoms with E-state index in [-0.39, 0.29) is 54.8 Å². The van der Waals surface area contributed by atoms with Gasteiger partial charge >= 0.3 is 12.1 Å². The van der Waals surface area contributed by atoms with Crippen LogP contribution in [-0.4, -0.2) is 150 Å². The van der Waals surface area contributed by atoms with Crippen LogP contribution in [0.15, 0.2) is 71.9 Å². The monoisotopic (exact) mass is 1220 g/mol. The van der Waals surface area contributed by atoms with Gasteiger partial charge in [0.2, 0.25) is 5.79 Å². The van der Waals surface area contributed by atoms with E-state index in [1.165, 1.54) is 56.1 Å². The van der Waals surface area contributed by atoms with Crippen LogP contribution < -0.4 is 0 Å². The molecule has 1 amide bonds. The van der Waals surface area contributed by atoms with E-state index in [0.29, 0.717) is 69.1 Å². The van der Waals surface area contributed by atoms with Crippen LogP contribution in [0.2, 0.25) is 0 Å². The maximum Gasteiger partial charge on any atom is 0.416 e. The molecule has 3 aliphatic heterocycles. The van der Waals surface area contributed by atoms with Gasteiger partial charge in [0.05, 0.1) is 24.4 Å². The zero-order chi connectivity index (χ0) is 64.3. The third-order valence-corrected chi connectivity index (χ3v) is 17.4. The number of rotatable bonds is 13. The Hall–Kier alpha value is -4.63.